The first-order chi connectivity index (χ1) is 16.3. The third-order valence-corrected chi connectivity index (χ3v) is 5.98. The highest BCUT2D eigenvalue weighted by molar-refractivity contribution is 6.05. The Morgan fingerprint density at radius 3 is 2.53 bits per heavy atom. The molecule has 1 fully saturated rings. The SMILES string of the molecule is NC(=O)c1nn(-c2cnccc2C(F)(F)F)c2ccc(-c3cncc(CN4CCCC4)c3)cc12. The molecule has 0 spiro atoms. The predicted molar refractivity (Wildman–Crippen MR) is 120 cm³/mol. The highest BCUT2D eigenvalue weighted by Gasteiger charge is 2.35. The molecule has 0 atom stereocenters. The number of carbonyl (C=O) groups is 1. The number of pyridine rings is 2. The number of benzene rings is 1. The Morgan fingerprint density at radius 2 is 1.79 bits per heavy atom. The van der Waals surface area contributed by atoms with Crippen molar-refractivity contribution in [2.75, 3.05) is 13.1 Å². The molecule has 0 unspecified atom stereocenters. The van der Waals surface area contributed by atoms with E-state index < -0.39 is 17.6 Å². The number of fused-ring (bicyclic) bond motifs is 1. The van der Waals surface area contributed by atoms with Crippen molar-refractivity contribution in [1.29, 1.82) is 0 Å². The summed E-state index contributed by atoms with van der Waals surface area (Å²) in [5.41, 5.74) is 7.19. The van der Waals surface area contributed by atoms with E-state index in [0.717, 1.165) is 59.5 Å². The molecule has 10 heteroatoms. The molecule has 0 radical (unpaired) electrons. The molecule has 1 saturated heterocycles. The molecule has 7 nitrogen and oxygen atoms in total. The summed E-state index contributed by atoms with van der Waals surface area (Å²) in [5, 5.41) is 4.49. The summed E-state index contributed by atoms with van der Waals surface area (Å²) in [7, 11) is 0. The molecule has 4 heterocycles. The smallest absolute Gasteiger partial charge is 0.364 e. The van der Waals surface area contributed by atoms with E-state index in [0.29, 0.717) is 10.9 Å². The first-order valence-electron chi connectivity index (χ1n) is 10.8. The van der Waals surface area contributed by atoms with Crippen LogP contribution in [0.2, 0.25) is 0 Å². The first kappa shape index (κ1) is 22.0. The summed E-state index contributed by atoms with van der Waals surface area (Å²) in [4.78, 5) is 22.7. The van der Waals surface area contributed by atoms with Crippen molar-refractivity contribution in [2.45, 2.75) is 25.6 Å². The maximum Gasteiger partial charge on any atom is 0.418 e. The summed E-state index contributed by atoms with van der Waals surface area (Å²) < 4.78 is 41.9. The molecular weight excluding hydrogens is 445 g/mol. The van der Waals surface area contributed by atoms with E-state index in [-0.39, 0.29) is 11.4 Å². The number of carbonyl (C=O) groups excluding carboxylic acids is 1. The van der Waals surface area contributed by atoms with Crippen LogP contribution in [-0.2, 0) is 12.7 Å². The van der Waals surface area contributed by atoms with Crippen LogP contribution in [0.4, 0.5) is 13.2 Å². The average Bonchev–Trinajstić information content (AvgIpc) is 3.46. The van der Waals surface area contributed by atoms with Gasteiger partial charge in [-0.3, -0.25) is 19.7 Å². The van der Waals surface area contributed by atoms with Crippen LogP contribution < -0.4 is 5.73 Å². The number of nitrogens with zero attached hydrogens (tertiary/aromatic N) is 5. The molecule has 1 aliphatic heterocycles. The molecule has 1 aromatic carbocycles. The summed E-state index contributed by atoms with van der Waals surface area (Å²) >= 11 is 0. The third kappa shape index (κ3) is 4.12. The topological polar surface area (TPSA) is 89.9 Å². The van der Waals surface area contributed by atoms with E-state index in [1.54, 1.807) is 24.4 Å². The molecule has 2 N–H and O–H groups in total. The minimum Gasteiger partial charge on any atom is -0.364 e. The predicted octanol–water partition coefficient (Wildman–Crippen LogP) is 4.20. The molecule has 0 saturated carbocycles. The van der Waals surface area contributed by atoms with Crippen LogP contribution in [0, 0.1) is 0 Å². The minimum atomic E-state index is -4.62. The molecule has 0 bridgehead atoms. The zero-order chi connectivity index (χ0) is 23.9. The lowest BCUT2D eigenvalue weighted by Gasteiger charge is -2.15. The highest BCUT2D eigenvalue weighted by Crippen LogP contribution is 2.35. The summed E-state index contributed by atoms with van der Waals surface area (Å²) in [6.07, 6.45) is 3.44. The normalized spacial score (nSPS) is 14.7. The Kier molecular flexibility index (Phi) is 5.52. The number of aromatic nitrogens is 4. The zero-order valence-corrected chi connectivity index (χ0v) is 18.1. The van der Waals surface area contributed by atoms with Gasteiger partial charge in [-0.2, -0.15) is 18.3 Å². The quantitative estimate of drug-likeness (QED) is 0.476. The number of hydrogen-bond acceptors (Lipinski definition) is 5. The second-order valence-corrected chi connectivity index (χ2v) is 8.31. The van der Waals surface area contributed by atoms with Gasteiger partial charge in [0.15, 0.2) is 5.69 Å². The second-order valence-electron chi connectivity index (χ2n) is 8.31. The van der Waals surface area contributed by atoms with Gasteiger partial charge in [-0.1, -0.05) is 6.07 Å². The average molecular weight is 466 g/mol. The number of amides is 1. The van der Waals surface area contributed by atoms with Crippen molar-refractivity contribution in [2.24, 2.45) is 5.73 Å². The Bertz CT molecular complexity index is 1370. The summed E-state index contributed by atoms with van der Waals surface area (Å²) in [6.45, 7) is 2.92. The largest absolute Gasteiger partial charge is 0.418 e. The van der Waals surface area contributed by atoms with E-state index in [2.05, 4.69) is 20.0 Å². The zero-order valence-electron chi connectivity index (χ0n) is 18.1. The second kappa shape index (κ2) is 8.53. The molecule has 3 aromatic heterocycles. The lowest BCUT2D eigenvalue weighted by Crippen LogP contribution is -2.18. The van der Waals surface area contributed by atoms with Crippen molar-refractivity contribution in [3.63, 3.8) is 0 Å². The number of alkyl halides is 3. The van der Waals surface area contributed by atoms with Gasteiger partial charge in [0, 0.05) is 36.1 Å². The van der Waals surface area contributed by atoms with E-state index >= 15 is 0 Å². The first-order valence-corrected chi connectivity index (χ1v) is 10.8. The summed E-state index contributed by atoms with van der Waals surface area (Å²) in [5.74, 6) is -0.834. The Labute approximate surface area is 193 Å². The molecule has 4 aromatic rings. The molecule has 174 valence electrons. The van der Waals surface area contributed by atoms with Gasteiger partial charge in [-0.25, -0.2) is 4.68 Å². The maximum atomic E-state index is 13.6. The molecule has 34 heavy (non-hydrogen) atoms. The third-order valence-electron chi connectivity index (χ3n) is 5.98. The van der Waals surface area contributed by atoms with Crippen molar-refractivity contribution >= 4 is 16.8 Å². The summed E-state index contributed by atoms with van der Waals surface area (Å²) in [6, 6.07) is 8.01. The fourth-order valence-electron chi connectivity index (χ4n) is 4.39. The molecule has 0 aliphatic carbocycles. The van der Waals surface area contributed by atoms with E-state index in [1.165, 1.54) is 12.8 Å². The minimum absolute atomic E-state index is 0.116. The van der Waals surface area contributed by atoms with E-state index in [9.17, 15) is 18.0 Å². The monoisotopic (exact) mass is 466 g/mol. The van der Waals surface area contributed by atoms with Crippen LogP contribution >= 0.6 is 0 Å². The van der Waals surface area contributed by atoms with E-state index in [1.807, 2.05) is 12.3 Å². The molecule has 1 amide bonds. The maximum absolute atomic E-state index is 13.6. The van der Waals surface area contributed by atoms with Gasteiger partial charge >= 0.3 is 6.18 Å². The van der Waals surface area contributed by atoms with Gasteiger partial charge in [0.05, 0.1) is 23.0 Å². The van der Waals surface area contributed by atoms with Crippen LogP contribution in [0.5, 0.6) is 0 Å². The molecular formula is C24H21F3N6O. The Morgan fingerprint density at radius 1 is 1.00 bits per heavy atom. The van der Waals surface area contributed by atoms with Crippen LogP contribution in [0.15, 0.2) is 55.1 Å². The number of primary amides is 1. The van der Waals surface area contributed by atoms with Gasteiger partial charge in [0.25, 0.3) is 5.91 Å². The lowest BCUT2D eigenvalue weighted by molar-refractivity contribution is -0.137. The number of nitrogens with two attached hydrogens (primary N) is 1. The number of likely N-dealkylation sites (tertiary alicyclic amines) is 1. The van der Waals surface area contributed by atoms with Crippen molar-refractivity contribution in [3.8, 4) is 16.8 Å². The standard InChI is InChI=1S/C24H21F3N6O/c25-24(26,27)19-5-6-29-13-21(19)33-20-4-3-16(10-18(20)22(31-33)23(28)34)17-9-15(11-30-12-17)14-32-7-1-2-8-32/h3-6,9-13H,1-2,7-8,14H2,(H2,28,34). The lowest BCUT2D eigenvalue weighted by atomic mass is 10.0. The van der Waals surface area contributed by atoms with Crippen LogP contribution in [0.3, 0.4) is 0 Å². The highest BCUT2D eigenvalue weighted by atomic mass is 19.4. The Balaban J connectivity index is 1.60. The van der Waals surface area contributed by atoms with Crippen molar-refractivity contribution in [1.82, 2.24) is 24.6 Å². The van der Waals surface area contributed by atoms with Crippen molar-refractivity contribution < 1.29 is 18.0 Å². The van der Waals surface area contributed by atoms with Crippen molar-refractivity contribution in [3.05, 3.63) is 71.9 Å². The van der Waals surface area contributed by atoms with Gasteiger partial charge < -0.3 is 5.73 Å². The number of halogens is 3. The van der Waals surface area contributed by atoms with Gasteiger partial charge in [0.2, 0.25) is 0 Å². The number of hydrogen-bond donors (Lipinski definition) is 1. The van der Waals surface area contributed by atoms with Crippen LogP contribution in [0.25, 0.3) is 27.7 Å². The molecule has 5 rings (SSSR count). The van der Waals surface area contributed by atoms with Crippen LogP contribution in [0.1, 0.15) is 34.5 Å². The van der Waals surface area contributed by atoms with Gasteiger partial charge in [-0.15, -0.1) is 0 Å². The Hall–Kier alpha value is -3.79. The van der Waals surface area contributed by atoms with Crippen LogP contribution in [-0.4, -0.2) is 43.6 Å². The fourth-order valence-corrected chi connectivity index (χ4v) is 4.39. The van der Waals surface area contributed by atoms with Gasteiger partial charge in [0.1, 0.15) is 0 Å². The van der Waals surface area contributed by atoms with Gasteiger partial charge in [-0.05, 0) is 61.3 Å². The fraction of sp³-hybridized carbons (Fsp3) is 0.250. The molecule has 1 aliphatic rings. The number of rotatable bonds is 5. The van der Waals surface area contributed by atoms with E-state index in [4.69, 9.17) is 5.73 Å².